The van der Waals surface area contributed by atoms with Crippen LogP contribution in [0.4, 0.5) is 0 Å². The van der Waals surface area contributed by atoms with Crippen molar-refractivity contribution in [1.29, 1.82) is 0 Å². The average molecular weight is 439 g/mol. The van der Waals surface area contributed by atoms with Crippen molar-refractivity contribution in [2.75, 3.05) is 0 Å². The van der Waals surface area contributed by atoms with Gasteiger partial charge in [0.15, 0.2) is 0 Å². The Bertz CT molecular complexity index is 67.1. The molecule has 0 N–H and O–H groups in total. The van der Waals surface area contributed by atoms with Gasteiger partial charge in [-0.15, -0.1) is 0 Å². The van der Waals surface area contributed by atoms with Crippen molar-refractivity contribution in [2.24, 2.45) is 0 Å². The molecule has 0 spiro atoms. The normalized spacial score (nSPS) is 20.2. The van der Waals surface area contributed by atoms with Crippen LogP contribution in [0.1, 0.15) is 0 Å². The van der Waals surface area contributed by atoms with Gasteiger partial charge in [0, 0.05) is 0 Å². The van der Waals surface area contributed by atoms with Gasteiger partial charge in [-0.25, -0.2) is 0 Å². The Morgan fingerprint density at radius 1 is 0.625 bits per heavy atom. The van der Waals surface area contributed by atoms with Crippen LogP contribution in [0, 0.1) is 0 Å². The first-order valence-electron chi connectivity index (χ1n) is 0.857. The molecular formula is HCl6KRe. The molecule has 8 heavy (non-hydrogen) atoms. The summed E-state index contributed by atoms with van der Waals surface area (Å²) in [6, 6.07) is 0. The molecule has 0 fully saturated rings. The summed E-state index contributed by atoms with van der Waals surface area (Å²) in [7, 11) is 30.4. The van der Waals surface area contributed by atoms with E-state index in [0.717, 1.165) is 0 Å². The fraction of sp³-hybridized carbons (Fsp3) is 0. The molecule has 0 aliphatic carbocycles. The Morgan fingerprint density at radius 2 is 0.625 bits per heavy atom. The van der Waals surface area contributed by atoms with E-state index in [1.165, 1.54) is 0 Å². The molecule has 51 valence electrons. The first-order valence-corrected chi connectivity index (χ1v) is 21.0. The quantitative estimate of drug-likeness (QED) is 0.508. The zero-order chi connectivity index (χ0) is 6.41. The summed E-state index contributed by atoms with van der Waals surface area (Å²) in [4.78, 5) is 0. The molecule has 8 heteroatoms. The van der Waals surface area contributed by atoms with Crippen molar-refractivity contribution in [2.45, 2.75) is 0 Å². The first-order chi connectivity index (χ1) is 2.45. The van der Waals surface area contributed by atoms with Crippen molar-refractivity contribution in [3.63, 3.8) is 0 Å². The second-order valence-electron chi connectivity index (χ2n) is 0.810. The van der Waals surface area contributed by atoms with E-state index in [4.69, 9.17) is 57.2 Å². The molecule has 0 aromatic carbocycles. The van der Waals surface area contributed by atoms with Gasteiger partial charge in [0.25, 0.3) is 0 Å². The SMILES string of the molecule is [Cl][Re]([Cl])([Cl])([Cl])([Cl])[Cl].[KH]. The van der Waals surface area contributed by atoms with Gasteiger partial charge in [0.2, 0.25) is 0 Å². The summed E-state index contributed by atoms with van der Waals surface area (Å²) in [5.41, 5.74) is 0. The van der Waals surface area contributed by atoms with Crippen LogP contribution in [0.3, 0.4) is 0 Å². The van der Waals surface area contributed by atoms with E-state index in [-0.39, 0.29) is 51.4 Å². The summed E-state index contributed by atoms with van der Waals surface area (Å²) >= 11 is 0. The number of rotatable bonds is 0. The van der Waals surface area contributed by atoms with Crippen LogP contribution in [-0.4, -0.2) is 51.4 Å². The van der Waals surface area contributed by atoms with Crippen LogP contribution in [0.15, 0.2) is 0 Å². The van der Waals surface area contributed by atoms with Crippen molar-refractivity contribution < 1.29 is 6.97 Å². The number of halogens is 6. The Morgan fingerprint density at radius 3 is 0.625 bits per heavy atom. The van der Waals surface area contributed by atoms with Gasteiger partial charge in [-0.3, -0.25) is 0 Å². The van der Waals surface area contributed by atoms with E-state index in [9.17, 15) is 0 Å². The Kier molecular flexibility index (Phi) is 5.58. The maximum atomic E-state index is 5.06. The second kappa shape index (κ2) is 3.07. The summed E-state index contributed by atoms with van der Waals surface area (Å²) in [6.45, 7) is -5.43. The molecule has 0 aromatic rings. The topological polar surface area (TPSA) is 0 Å². The summed E-state index contributed by atoms with van der Waals surface area (Å²) in [5.74, 6) is 0. The summed E-state index contributed by atoms with van der Waals surface area (Å²) in [5, 5.41) is 0. The molecule has 0 aliphatic heterocycles. The molecular weight excluding hydrogens is 438 g/mol. The van der Waals surface area contributed by atoms with E-state index in [1.807, 2.05) is 0 Å². The average Bonchev–Trinajstić information content (AvgIpc) is 0.592. The van der Waals surface area contributed by atoms with E-state index in [2.05, 4.69) is 0 Å². The third-order valence-electron chi connectivity index (χ3n) is 0. The molecule has 0 amide bonds. The van der Waals surface area contributed by atoms with Gasteiger partial charge in [-0.05, 0) is 0 Å². The van der Waals surface area contributed by atoms with Gasteiger partial charge in [-0.1, -0.05) is 0 Å². The third kappa shape index (κ3) is 50.3. The van der Waals surface area contributed by atoms with Crippen LogP contribution in [0.2, 0.25) is 0 Å². The van der Waals surface area contributed by atoms with Crippen LogP contribution >= 0.6 is 57.2 Å². The Hall–Kier alpha value is 4.04. The Balaban J connectivity index is 0. The summed E-state index contributed by atoms with van der Waals surface area (Å²) in [6.07, 6.45) is 0. The fourth-order valence-corrected chi connectivity index (χ4v) is 0. The molecule has 0 saturated heterocycles. The van der Waals surface area contributed by atoms with Gasteiger partial charge in [0.05, 0.1) is 0 Å². The molecule has 0 aliphatic rings. The van der Waals surface area contributed by atoms with E-state index >= 15 is 0 Å². The molecule has 0 unspecified atom stereocenters. The molecule has 0 aromatic heterocycles. The zero-order valence-corrected chi connectivity index (χ0v) is 9.90. The van der Waals surface area contributed by atoms with Crippen molar-refractivity contribution >= 4 is 109 Å². The molecule has 0 heterocycles. The summed E-state index contributed by atoms with van der Waals surface area (Å²) < 4.78 is 0. The van der Waals surface area contributed by atoms with Crippen LogP contribution in [-0.2, 0) is 6.97 Å². The predicted octanol–water partition coefficient (Wildman–Crippen LogP) is 3.49. The van der Waals surface area contributed by atoms with Crippen molar-refractivity contribution in [1.82, 2.24) is 0 Å². The van der Waals surface area contributed by atoms with Crippen LogP contribution < -0.4 is 0 Å². The first kappa shape index (κ1) is 14.6. The third-order valence-corrected chi connectivity index (χ3v) is 0. The van der Waals surface area contributed by atoms with Gasteiger partial charge >= 0.3 is 116 Å². The predicted molar refractivity (Wildman–Crippen MR) is 42.3 cm³/mol. The van der Waals surface area contributed by atoms with Crippen molar-refractivity contribution in [3.05, 3.63) is 0 Å². The van der Waals surface area contributed by atoms with Crippen LogP contribution in [0.5, 0.6) is 0 Å². The molecule has 0 rings (SSSR count). The van der Waals surface area contributed by atoms with E-state index < -0.39 is 6.97 Å². The van der Waals surface area contributed by atoms with Gasteiger partial charge < -0.3 is 0 Å². The molecule has 0 saturated carbocycles. The Labute approximate surface area is 112 Å². The minimum atomic E-state index is -5.43. The zero-order valence-electron chi connectivity index (χ0n) is 2.65. The monoisotopic (exact) mass is 437 g/mol. The second-order valence-corrected chi connectivity index (χ2v) is 59.7. The molecule has 0 atom stereocenters. The van der Waals surface area contributed by atoms with Gasteiger partial charge in [-0.2, -0.15) is 0 Å². The standard InChI is InChI=1S/6ClH.K.Re.H/h6*1H;;;/q;;;;;;;+6;/p-6. The molecule has 0 bridgehead atoms. The fourth-order valence-electron chi connectivity index (χ4n) is 0. The maximum absolute atomic E-state index is 5.43. The van der Waals surface area contributed by atoms with Crippen molar-refractivity contribution in [3.8, 4) is 0 Å². The molecule has 0 radical (unpaired) electrons. The number of hydrogen-bond donors (Lipinski definition) is 0. The molecule has 0 nitrogen and oxygen atoms in total. The minimum absolute atomic E-state index is 0. The van der Waals surface area contributed by atoms with Gasteiger partial charge in [0.1, 0.15) is 0 Å². The van der Waals surface area contributed by atoms with E-state index in [0.29, 0.717) is 0 Å². The number of hydrogen-bond acceptors (Lipinski definition) is 0. The van der Waals surface area contributed by atoms with E-state index in [1.54, 1.807) is 0 Å². The van der Waals surface area contributed by atoms with Crippen LogP contribution in [0.25, 0.3) is 0 Å².